The maximum atomic E-state index is 6.90. The Bertz CT molecular complexity index is 483. The first-order valence-corrected chi connectivity index (χ1v) is 14.7. The van der Waals surface area contributed by atoms with Crippen LogP contribution in [0.2, 0.25) is 13.1 Å². The van der Waals surface area contributed by atoms with E-state index in [4.69, 9.17) is 9.30 Å². The molecule has 0 amide bonds. The van der Waals surface area contributed by atoms with Crippen molar-refractivity contribution in [2.45, 2.75) is 66.6 Å². The van der Waals surface area contributed by atoms with Crippen LogP contribution in [0.3, 0.4) is 0 Å². The van der Waals surface area contributed by atoms with Gasteiger partial charge < -0.3 is 0 Å². The Kier molecular flexibility index (Phi) is 7.21. The molecule has 0 N–H and O–H groups in total. The summed E-state index contributed by atoms with van der Waals surface area (Å²) in [6.07, 6.45) is 1.14. The molecule has 0 saturated heterocycles. The molecule has 0 spiro atoms. The van der Waals surface area contributed by atoms with Crippen LogP contribution in [0.15, 0.2) is 22.3 Å². The van der Waals surface area contributed by atoms with Crippen molar-refractivity contribution in [2.24, 2.45) is 5.92 Å². The molecule has 127 valence electrons. The molecule has 0 saturated carbocycles. The third-order valence-corrected chi connectivity index (χ3v) is 15.9. The minimum absolute atomic E-state index is 0.150. The fourth-order valence-corrected chi connectivity index (χ4v) is 13.5. The van der Waals surface area contributed by atoms with Crippen LogP contribution in [0.4, 0.5) is 0 Å². The van der Waals surface area contributed by atoms with Gasteiger partial charge in [0.05, 0.1) is 0 Å². The average molecular weight is 378 g/mol. The van der Waals surface area contributed by atoms with Gasteiger partial charge in [-0.15, -0.1) is 0 Å². The van der Waals surface area contributed by atoms with Crippen molar-refractivity contribution in [1.82, 2.24) is 6.43 Å². The van der Waals surface area contributed by atoms with E-state index in [1.165, 1.54) is 11.1 Å². The third kappa shape index (κ3) is 4.17. The van der Waals surface area contributed by atoms with Gasteiger partial charge in [0.25, 0.3) is 0 Å². The van der Waals surface area contributed by atoms with E-state index in [1.807, 2.05) is 0 Å². The fraction of sp³-hybridized carbons (Fsp3) is 0.765. The van der Waals surface area contributed by atoms with E-state index >= 15 is 0 Å². The molecule has 0 bridgehead atoms. The van der Waals surface area contributed by atoms with Gasteiger partial charge in [-0.25, -0.2) is 0 Å². The summed E-state index contributed by atoms with van der Waals surface area (Å²) < 4.78 is 5.01. The van der Waals surface area contributed by atoms with E-state index in [9.17, 15) is 0 Å². The van der Waals surface area contributed by atoms with Crippen LogP contribution < -0.4 is 0 Å². The molecule has 0 aromatic heterocycles. The zero-order valence-corrected chi connectivity index (χ0v) is 19.6. The average Bonchev–Trinajstić information content (AvgIpc) is 2.55. The van der Waals surface area contributed by atoms with E-state index in [1.54, 1.807) is 11.1 Å². The summed E-state index contributed by atoms with van der Waals surface area (Å²) in [7, 11) is 10.2. The zero-order valence-electron chi connectivity index (χ0n) is 16.1. The second kappa shape index (κ2) is 7.67. The Morgan fingerprint density at radius 3 is 1.95 bits per heavy atom. The Labute approximate surface area is 150 Å². The molecular formula is C17H34ClN2SiTi. The van der Waals surface area contributed by atoms with Crippen LogP contribution >= 0.6 is 9.30 Å². The summed E-state index contributed by atoms with van der Waals surface area (Å²) in [5, 5.41) is 0. The molecule has 1 aliphatic rings. The number of halogens is 1. The Morgan fingerprint density at radius 1 is 1.14 bits per heavy atom. The molecule has 0 fully saturated rings. The number of rotatable bonds is 6. The number of hydrogen-bond donors (Lipinski definition) is 0. The van der Waals surface area contributed by atoms with Crippen molar-refractivity contribution in [1.29, 1.82) is 0 Å². The summed E-state index contributed by atoms with van der Waals surface area (Å²) >= 11 is -1.84. The third-order valence-electron chi connectivity index (χ3n) is 5.17. The van der Waals surface area contributed by atoms with Crippen LogP contribution in [0.25, 0.3) is 0 Å². The van der Waals surface area contributed by atoms with E-state index in [-0.39, 0.29) is 5.54 Å². The topological polar surface area (TPSA) is 6.48 Å². The first kappa shape index (κ1) is 20.7. The predicted molar refractivity (Wildman–Crippen MR) is 99.2 cm³/mol. The van der Waals surface area contributed by atoms with Gasteiger partial charge in [-0.05, 0) is 0 Å². The van der Waals surface area contributed by atoms with Gasteiger partial charge in [-0.3, -0.25) is 0 Å². The van der Waals surface area contributed by atoms with Gasteiger partial charge >= 0.3 is 151 Å². The molecule has 5 heteroatoms. The van der Waals surface area contributed by atoms with E-state index < -0.39 is 26.3 Å². The second-order valence-electron chi connectivity index (χ2n) is 7.80. The second-order valence-corrected chi connectivity index (χ2v) is 15.7. The van der Waals surface area contributed by atoms with Gasteiger partial charge in [-0.2, -0.15) is 0 Å². The SMILES string of the molecule is CC1=C(C)C(C)C(CC(C)(C)[N]([SiH](C)C)[Ti]([Cl])[N](C)C)=C1C. The molecule has 0 aromatic carbocycles. The zero-order chi connectivity index (χ0) is 17.4. The monoisotopic (exact) mass is 377 g/mol. The van der Waals surface area contributed by atoms with E-state index in [2.05, 4.69) is 75.2 Å². The molecule has 1 atom stereocenters. The van der Waals surface area contributed by atoms with Crippen LogP contribution in [0, 0.1) is 5.92 Å². The molecule has 1 rings (SSSR count). The molecule has 2 nitrogen and oxygen atoms in total. The molecule has 1 aliphatic carbocycles. The van der Waals surface area contributed by atoms with E-state index in [0.29, 0.717) is 5.92 Å². The van der Waals surface area contributed by atoms with Gasteiger partial charge in [0.1, 0.15) is 0 Å². The summed E-state index contributed by atoms with van der Waals surface area (Å²) in [4.78, 5) is 0. The number of allylic oxidation sites excluding steroid dienone is 3. The molecular weight excluding hydrogens is 344 g/mol. The molecule has 1 unspecified atom stereocenters. The fourth-order valence-electron chi connectivity index (χ4n) is 3.66. The van der Waals surface area contributed by atoms with E-state index in [0.717, 1.165) is 6.42 Å². The molecule has 0 aromatic rings. The van der Waals surface area contributed by atoms with Crippen LogP contribution in [-0.2, 0) is 17.3 Å². The van der Waals surface area contributed by atoms with Crippen LogP contribution in [-0.4, -0.2) is 35.0 Å². The molecule has 22 heavy (non-hydrogen) atoms. The summed E-state index contributed by atoms with van der Waals surface area (Å²) in [5.74, 6) is 0.591. The van der Waals surface area contributed by atoms with Crippen molar-refractivity contribution in [3.05, 3.63) is 22.3 Å². The minimum atomic E-state index is -1.84. The Morgan fingerprint density at radius 2 is 1.64 bits per heavy atom. The van der Waals surface area contributed by atoms with Gasteiger partial charge in [0, 0.05) is 0 Å². The van der Waals surface area contributed by atoms with Crippen molar-refractivity contribution >= 4 is 18.3 Å². The van der Waals surface area contributed by atoms with Crippen molar-refractivity contribution in [3.8, 4) is 0 Å². The maximum absolute atomic E-state index is 6.90. The van der Waals surface area contributed by atoms with Gasteiger partial charge in [-0.1, -0.05) is 0 Å². The standard InChI is InChI=1S/C15H28NSi.C2H6N.ClH.Ti/c1-10-11(2)13(4)14(12(10)3)9-15(5,6)16-17(7)8;1-3-2;;/h12,17H,9H2,1-8H3;1-2H3;1H;/q2*-1;;+3/p-1. The van der Waals surface area contributed by atoms with Crippen LogP contribution in [0.1, 0.15) is 48.0 Å². The number of nitrogens with zero attached hydrogens (tertiary/aromatic N) is 2. The Hall–Kier alpha value is 0.621. The summed E-state index contributed by atoms with van der Waals surface area (Å²) in [6, 6.07) is 0. The van der Waals surface area contributed by atoms with Gasteiger partial charge in [0.2, 0.25) is 0 Å². The van der Waals surface area contributed by atoms with Gasteiger partial charge in [0.15, 0.2) is 0 Å². The first-order valence-electron chi connectivity index (χ1n) is 8.28. The van der Waals surface area contributed by atoms with Crippen molar-refractivity contribution < 1.29 is 17.3 Å². The van der Waals surface area contributed by atoms with Crippen LogP contribution in [0.5, 0.6) is 0 Å². The summed E-state index contributed by atoms with van der Waals surface area (Å²) in [6.45, 7) is 18.8. The van der Waals surface area contributed by atoms with Crippen molar-refractivity contribution in [2.75, 3.05) is 14.1 Å². The number of hydrogen-bond acceptors (Lipinski definition) is 2. The Balaban J connectivity index is 3.09. The molecule has 0 aliphatic heterocycles. The molecule has 0 heterocycles. The van der Waals surface area contributed by atoms with Crippen molar-refractivity contribution in [3.63, 3.8) is 0 Å². The quantitative estimate of drug-likeness (QED) is 0.607. The molecule has 0 radical (unpaired) electrons. The summed E-state index contributed by atoms with van der Waals surface area (Å²) in [5.41, 5.74) is 6.34. The first-order chi connectivity index (χ1) is 9.91. The normalized spacial score (nSPS) is 20.2. The predicted octanol–water partition coefficient (Wildman–Crippen LogP) is 4.91.